The highest BCUT2D eigenvalue weighted by atomic mass is 16.5. The molecule has 0 saturated carbocycles. The number of ether oxygens (including phenoxy) is 1. The molecule has 0 aliphatic carbocycles. The topological polar surface area (TPSA) is 39.1 Å². The van der Waals surface area contributed by atoms with E-state index in [0.29, 0.717) is 6.04 Å². The highest BCUT2D eigenvalue weighted by Crippen LogP contribution is 2.06. The van der Waals surface area contributed by atoms with Crippen LogP contribution in [0, 0.1) is 6.92 Å². The lowest BCUT2D eigenvalue weighted by Gasteiger charge is -2.15. The third-order valence-corrected chi connectivity index (χ3v) is 2.48. The Labute approximate surface area is 91.7 Å². The molecule has 1 aromatic rings. The highest BCUT2D eigenvalue weighted by molar-refractivity contribution is 4.91. The molecule has 0 aromatic carbocycles. The number of methoxy groups -OCH3 is 1. The van der Waals surface area contributed by atoms with E-state index < -0.39 is 0 Å². The molecule has 4 heteroatoms. The van der Waals surface area contributed by atoms with Crippen molar-refractivity contribution in [1.82, 2.24) is 14.9 Å². The normalized spacial score (nSPS) is 13.0. The zero-order valence-corrected chi connectivity index (χ0v) is 9.86. The first-order chi connectivity index (χ1) is 7.25. The summed E-state index contributed by atoms with van der Waals surface area (Å²) in [5, 5.41) is 3.41. The van der Waals surface area contributed by atoms with Crippen LogP contribution in [0.1, 0.15) is 25.2 Å². The number of hydrogen-bond donors (Lipinski definition) is 1. The van der Waals surface area contributed by atoms with Crippen LogP contribution in [0.4, 0.5) is 0 Å². The molecule has 1 rings (SSSR count). The predicted octanol–water partition coefficient (Wildman–Crippen LogP) is 1.38. The van der Waals surface area contributed by atoms with Crippen LogP contribution in [0.15, 0.2) is 12.4 Å². The first-order valence-corrected chi connectivity index (χ1v) is 5.44. The first-order valence-electron chi connectivity index (χ1n) is 5.44. The van der Waals surface area contributed by atoms with Crippen LogP contribution in [0.3, 0.4) is 0 Å². The van der Waals surface area contributed by atoms with Crippen LogP contribution in [0.2, 0.25) is 0 Å². The minimum Gasteiger partial charge on any atom is -0.385 e. The Morgan fingerprint density at radius 3 is 3.00 bits per heavy atom. The third kappa shape index (κ3) is 4.01. The van der Waals surface area contributed by atoms with Gasteiger partial charge in [0.2, 0.25) is 0 Å². The van der Waals surface area contributed by atoms with Crippen molar-refractivity contribution in [2.75, 3.05) is 26.8 Å². The minimum absolute atomic E-state index is 0.454. The molecule has 1 N–H and O–H groups in total. The summed E-state index contributed by atoms with van der Waals surface area (Å²) in [6.07, 6.45) is 4.93. The average Bonchev–Trinajstić information content (AvgIpc) is 2.64. The smallest absolute Gasteiger partial charge is 0.105 e. The lowest BCUT2D eigenvalue weighted by Crippen LogP contribution is -2.25. The summed E-state index contributed by atoms with van der Waals surface area (Å²) in [7, 11) is 1.73. The van der Waals surface area contributed by atoms with Crippen LogP contribution >= 0.6 is 0 Å². The summed E-state index contributed by atoms with van der Waals surface area (Å²) in [5.41, 5.74) is 0. The van der Waals surface area contributed by atoms with Crippen LogP contribution in [-0.4, -0.2) is 36.4 Å². The summed E-state index contributed by atoms with van der Waals surface area (Å²) in [6, 6.07) is 0.454. The van der Waals surface area contributed by atoms with Crippen LogP contribution < -0.4 is 5.32 Å². The largest absolute Gasteiger partial charge is 0.385 e. The number of imidazole rings is 1. The van der Waals surface area contributed by atoms with Gasteiger partial charge in [0.1, 0.15) is 5.82 Å². The number of aryl methyl sites for hydroxylation is 1. The Morgan fingerprint density at radius 2 is 2.40 bits per heavy atom. The fourth-order valence-electron chi connectivity index (χ4n) is 1.60. The predicted molar refractivity (Wildman–Crippen MR) is 61.0 cm³/mol. The lowest BCUT2D eigenvalue weighted by atomic mass is 10.3. The number of hydrogen-bond acceptors (Lipinski definition) is 3. The van der Waals surface area contributed by atoms with Crippen LogP contribution in [0.25, 0.3) is 0 Å². The standard InChI is InChI=1S/C11H21N3O/c1-10(9-12-5-4-8-15-3)14-7-6-13-11(14)2/h6-7,10,12H,4-5,8-9H2,1-3H3. The van der Waals surface area contributed by atoms with E-state index >= 15 is 0 Å². The average molecular weight is 211 g/mol. The summed E-state index contributed by atoms with van der Waals surface area (Å²) in [5.74, 6) is 1.07. The van der Waals surface area contributed by atoms with Crippen LogP contribution in [0.5, 0.6) is 0 Å². The Hall–Kier alpha value is -0.870. The quantitative estimate of drug-likeness (QED) is 0.692. The highest BCUT2D eigenvalue weighted by Gasteiger charge is 2.05. The summed E-state index contributed by atoms with van der Waals surface area (Å²) >= 11 is 0. The monoisotopic (exact) mass is 211 g/mol. The maximum atomic E-state index is 4.99. The van der Waals surface area contributed by atoms with Crippen molar-refractivity contribution in [3.8, 4) is 0 Å². The first kappa shape index (κ1) is 12.2. The van der Waals surface area contributed by atoms with Gasteiger partial charge in [-0.2, -0.15) is 0 Å². The number of aromatic nitrogens is 2. The summed E-state index contributed by atoms with van der Waals surface area (Å²) in [4.78, 5) is 4.21. The molecule has 0 bridgehead atoms. The molecule has 0 spiro atoms. The van der Waals surface area contributed by atoms with Crippen molar-refractivity contribution in [3.63, 3.8) is 0 Å². The van der Waals surface area contributed by atoms with E-state index in [4.69, 9.17) is 4.74 Å². The van der Waals surface area contributed by atoms with Gasteiger partial charge >= 0.3 is 0 Å². The lowest BCUT2D eigenvalue weighted by molar-refractivity contribution is 0.194. The Balaban J connectivity index is 2.19. The van der Waals surface area contributed by atoms with E-state index in [9.17, 15) is 0 Å². The van der Waals surface area contributed by atoms with Gasteiger partial charge in [0.15, 0.2) is 0 Å². The van der Waals surface area contributed by atoms with Crippen molar-refractivity contribution in [3.05, 3.63) is 18.2 Å². The molecule has 1 atom stereocenters. The van der Waals surface area contributed by atoms with E-state index in [1.54, 1.807) is 7.11 Å². The van der Waals surface area contributed by atoms with Gasteiger partial charge in [0.05, 0.1) is 0 Å². The molecule has 1 unspecified atom stereocenters. The second kappa shape index (κ2) is 6.58. The van der Waals surface area contributed by atoms with E-state index in [2.05, 4.69) is 21.8 Å². The number of rotatable bonds is 7. The van der Waals surface area contributed by atoms with Crippen molar-refractivity contribution in [1.29, 1.82) is 0 Å². The van der Waals surface area contributed by atoms with Crippen LogP contribution in [-0.2, 0) is 4.74 Å². The molecule has 0 saturated heterocycles. The molecule has 0 radical (unpaired) electrons. The van der Waals surface area contributed by atoms with E-state index in [1.165, 1.54) is 0 Å². The van der Waals surface area contributed by atoms with Gasteiger partial charge in [-0.1, -0.05) is 0 Å². The molecular formula is C11H21N3O. The van der Waals surface area contributed by atoms with Gasteiger partial charge in [-0.25, -0.2) is 4.98 Å². The van der Waals surface area contributed by atoms with Gasteiger partial charge in [-0.3, -0.25) is 0 Å². The van der Waals surface area contributed by atoms with Gasteiger partial charge in [0.25, 0.3) is 0 Å². The zero-order chi connectivity index (χ0) is 11.1. The Morgan fingerprint density at radius 1 is 1.60 bits per heavy atom. The molecule has 0 amide bonds. The molecule has 86 valence electrons. The second-order valence-corrected chi connectivity index (χ2v) is 3.78. The second-order valence-electron chi connectivity index (χ2n) is 3.78. The molecule has 0 aliphatic heterocycles. The zero-order valence-electron chi connectivity index (χ0n) is 9.86. The number of nitrogens with one attached hydrogen (secondary N) is 1. The fraction of sp³-hybridized carbons (Fsp3) is 0.727. The third-order valence-electron chi connectivity index (χ3n) is 2.48. The van der Waals surface area contributed by atoms with Crippen molar-refractivity contribution in [2.45, 2.75) is 26.3 Å². The van der Waals surface area contributed by atoms with Gasteiger partial charge in [-0.05, 0) is 26.8 Å². The van der Waals surface area contributed by atoms with Crippen molar-refractivity contribution < 1.29 is 4.74 Å². The van der Waals surface area contributed by atoms with Gasteiger partial charge < -0.3 is 14.6 Å². The Bertz CT molecular complexity index is 273. The SMILES string of the molecule is COCCCNCC(C)n1ccnc1C. The summed E-state index contributed by atoms with van der Waals surface area (Å²) in [6.45, 7) is 7.03. The van der Waals surface area contributed by atoms with E-state index in [1.807, 2.05) is 19.3 Å². The minimum atomic E-state index is 0.454. The summed E-state index contributed by atoms with van der Waals surface area (Å²) < 4.78 is 7.17. The molecule has 1 heterocycles. The maximum Gasteiger partial charge on any atom is 0.105 e. The molecule has 15 heavy (non-hydrogen) atoms. The van der Waals surface area contributed by atoms with E-state index in [-0.39, 0.29) is 0 Å². The maximum absolute atomic E-state index is 4.99. The van der Waals surface area contributed by atoms with E-state index in [0.717, 1.165) is 31.9 Å². The molecule has 0 aliphatic rings. The van der Waals surface area contributed by atoms with Gasteiger partial charge in [0, 0.05) is 38.7 Å². The molecular weight excluding hydrogens is 190 g/mol. The number of nitrogens with zero attached hydrogens (tertiary/aromatic N) is 2. The van der Waals surface area contributed by atoms with Gasteiger partial charge in [-0.15, -0.1) is 0 Å². The Kier molecular flexibility index (Phi) is 5.36. The van der Waals surface area contributed by atoms with Crippen molar-refractivity contribution >= 4 is 0 Å². The fourth-order valence-corrected chi connectivity index (χ4v) is 1.60. The molecule has 1 aromatic heterocycles. The van der Waals surface area contributed by atoms with Crippen molar-refractivity contribution in [2.24, 2.45) is 0 Å². The molecule has 0 fully saturated rings. The molecule has 4 nitrogen and oxygen atoms in total.